The fourth-order valence-electron chi connectivity index (χ4n) is 3.02. The summed E-state index contributed by atoms with van der Waals surface area (Å²) in [4.78, 5) is 16.0. The highest BCUT2D eigenvalue weighted by molar-refractivity contribution is 8.00. The van der Waals surface area contributed by atoms with Gasteiger partial charge in [0, 0.05) is 11.3 Å². The predicted molar refractivity (Wildman–Crippen MR) is 81.8 cm³/mol. The summed E-state index contributed by atoms with van der Waals surface area (Å²) in [7, 11) is 2.07. The minimum absolute atomic E-state index is 0.565. The van der Waals surface area contributed by atoms with Crippen LogP contribution in [0.3, 0.4) is 0 Å². The van der Waals surface area contributed by atoms with Gasteiger partial charge in [0.2, 0.25) is 0 Å². The minimum atomic E-state index is 0.565. The zero-order valence-corrected chi connectivity index (χ0v) is 12.8. The maximum Gasteiger partial charge on any atom is 0.181 e. The normalized spacial score (nSPS) is 27.0. The lowest BCUT2D eigenvalue weighted by atomic mass is 9.84. The van der Waals surface area contributed by atoms with Gasteiger partial charge in [0.15, 0.2) is 5.65 Å². The molecule has 108 valence electrons. The maximum absolute atomic E-state index is 4.45. The molecular formula is C14H21N5S. The van der Waals surface area contributed by atoms with E-state index in [9.17, 15) is 0 Å². The van der Waals surface area contributed by atoms with E-state index in [1.165, 1.54) is 25.7 Å². The van der Waals surface area contributed by atoms with E-state index in [0.29, 0.717) is 11.3 Å². The van der Waals surface area contributed by atoms with Crippen molar-refractivity contribution < 1.29 is 0 Å². The van der Waals surface area contributed by atoms with E-state index in [0.717, 1.165) is 22.1 Å². The molecule has 1 fully saturated rings. The highest BCUT2D eigenvalue weighted by Crippen LogP contribution is 2.38. The largest absolute Gasteiger partial charge is 0.341 e. The van der Waals surface area contributed by atoms with E-state index in [4.69, 9.17) is 0 Å². The average Bonchev–Trinajstić information content (AvgIpc) is 2.96. The monoisotopic (exact) mass is 291 g/mol. The Balaban J connectivity index is 1.82. The van der Waals surface area contributed by atoms with Crippen molar-refractivity contribution in [1.82, 2.24) is 25.3 Å². The summed E-state index contributed by atoms with van der Waals surface area (Å²) in [5, 5.41) is 5.06. The molecule has 1 aliphatic rings. The van der Waals surface area contributed by atoms with Crippen LogP contribution in [0.15, 0.2) is 17.7 Å². The fraction of sp³-hybridized carbons (Fsp3) is 0.643. The third kappa shape index (κ3) is 2.67. The molecule has 5 nitrogen and oxygen atoms in total. The van der Waals surface area contributed by atoms with Gasteiger partial charge in [-0.25, -0.2) is 15.0 Å². The van der Waals surface area contributed by atoms with Crippen molar-refractivity contribution in [2.75, 3.05) is 7.05 Å². The van der Waals surface area contributed by atoms with Gasteiger partial charge >= 0.3 is 0 Å². The van der Waals surface area contributed by atoms with Crippen LogP contribution in [0.5, 0.6) is 0 Å². The van der Waals surface area contributed by atoms with Gasteiger partial charge < -0.3 is 10.3 Å². The third-order valence-corrected chi connectivity index (χ3v) is 5.66. The number of imidazole rings is 1. The first kappa shape index (κ1) is 13.8. The molecule has 3 rings (SSSR count). The molecule has 0 aromatic carbocycles. The molecule has 0 saturated heterocycles. The molecule has 3 unspecified atom stereocenters. The molecular weight excluding hydrogens is 270 g/mol. The number of nitrogens with one attached hydrogen (secondary N) is 2. The summed E-state index contributed by atoms with van der Waals surface area (Å²) in [6.07, 6.45) is 8.42. The molecule has 0 amide bonds. The van der Waals surface area contributed by atoms with Crippen molar-refractivity contribution in [3.05, 3.63) is 12.7 Å². The zero-order valence-electron chi connectivity index (χ0n) is 12.0. The van der Waals surface area contributed by atoms with Gasteiger partial charge in [-0.3, -0.25) is 0 Å². The van der Waals surface area contributed by atoms with E-state index >= 15 is 0 Å². The second kappa shape index (κ2) is 6.10. The van der Waals surface area contributed by atoms with Gasteiger partial charge in [0.25, 0.3) is 0 Å². The van der Waals surface area contributed by atoms with E-state index in [2.05, 4.69) is 39.2 Å². The number of fused-ring (bicyclic) bond motifs is 1. The number of rotatable bonds is 4. The molecule has 2 heterocycles. The standard InChI is InChI=1S/C14H21N5S/c1-3-9-4-5-10(15-2)11(6-9)20-14-12-13(17-7-16-12)18-8-19-14/h7-11,15H,3-6H2,1-2H3,(H,16,17,18,19). The number of H-pyrrole nitrogens is 1. The Kier molecular flexibility index (Phi) is 4.21. The lowest BCUT2D eigenvalue weighted by molar-refractivity contribution is 0.304. The van der Waals surface area contributed by atoms with Gasteiger partial charge in [0.1, 0.15) is 16.9 Å². The Morgan fingerprint density at radius 3 is 3.05 bits per heavy atom. The first-order chi connectivity index (χ1) is 9.81. The molecule has 2 aromatic heterocycles. The zero-order chi connectivity index (χ0) is 13.9. The summed E-state index contributed by atoms with van der Waals surface area (Å²) in [5.41, 5.74) is 1.72. The van der Waals surface area contributed by atoms with Crippen LogP contribution in [0.4, 0.5) is 0 Å². The van der Waals surface area contributed by atoms with E-state index in [1.54, 1.807) is 12.7 Å². The molecule has 2 N–H and O–H groups in total. The summed E-state index contributed by atoms with van der Waals surface area (Å²) >= 11 is 1.87. The molecule has 6 heteroatoms. The van der Waals surface area contributed by atoms with Crippen LogP contribution in [0, 0.1) is 5.92 Å². The van der Waals surface area contributed by atoms with Crippen molar-refractivity contribution in [2.45, 2.75) is 48.9 Å². The van der Waals surface area contributed by atoms with E-state index < -0.39 is 0 Å². The van der Waals surface area contributed by atoms with E-state index in [1.807, 2.05) is 11.8 Å². The lowest BCUT2D eigenvalue weighted by Crippen LogP contribution is -2.40. The first-order valence-corrected chi connectivity index (χ1v) is 8.17. The number of thioether (sulfide) groups is 1. The quantitative estimate of drug-likeness (QED) is 0.848. The maximum atomic E-state index is 4.45. The average molecular weight is 291 g/mol. The third-order valence-electron chi connectivity index (χ3n) is 4.30. The van der Waals surface area contributed by atoms with Gasteiger partial charge in [-0.2, -0.15) is 0 Å². The second-order valence-electron chi connectivity index (χ2n) is 5.42. The number of aromatic nitrogens is 4. The molecule has 1 saturated carbocycles. The van der Waals surface area contributed by atoms with Crippen LogP contribution in [0.25, 0.3) is 11.2 Å². The minimum Gasteiger partial charge on any atom is -0.341 e. The molecule has 0 spiro atoms. The summed E-state index contributed by atoms with van der Waals surface area (Å²) in [6, 6.07) is 0.565. The van der Waals surface area contributed by atoms with Crippen molar-refractivity contribution >= 4 is 22.9 Å². The number of hydrogen-bond acceptors (Lipinski definition) is 5. The highest BCUT2D eigenvalue weighted by atomic mass is 32.2. The van der Waals surface area contributed by atoms with Gasteiger partial charge in [0.05, 0.1) is 6.33 Å². The van der Waals surface area contributed by atoms with Crippen molar-refractivity contribution in [3.8, 4) is 0 Å². The molecule has 0 radical (unpaired) electrons. The van der Waals surface area contributed by atoms with Crippen LogP contribution < -0.4 is 5.32 Å². The van der Waals surface area contributed by atoms with Crippen molar-refractivity contribution in [3.63, 3.8) is 0 Å². The van der Waals surface area contributed by atoms with Gasteiger partial charge in [-0.15, -0.1) is 0 Å². The Morgan fingerprint density at radius 2 is 2.25 bits per heavy atom. The molecule has 20 heavy (non-hydrogen) atoms. The smallest absolute Gasteiger partial charge is 0.181 e. The number of hydrogen-bond donors (Lipinski definition) is 2. The highest BCUT2D eigenvalue weighted by Gasteiger charge is 2.30. The lowest BCUT2D eigenvalue weighted by Gasteiger charge is -2.35. The molecule has 0 aliphatic heterocycles. The van der Waals surface area contributed by atoms with Crippen molar-refractivity contribution in [1.29, 1.82) is 0 Å². The molecule has 3 atom stereocenters. The topological polar surface area (TPSA) is 66.5 Å². The molecule has 1 aliphatic carbocycles. The summed E-state index contributed by atoms with van der Waals surface area (Å²) in [5.74, 6) is 0.844. The van der Waals surface area contributed by atoms with Crippen LogP contribution in [-0.4, -0.2) is 38.3 Å². The van der Waals surface area contributed by atoms with Crippen molar-refractivity contribution in [2.24, 2.45) is 5.92 Å². The Morgan fingerprint density at radius 1 is 1.35 bits per heavy atom. The molecule has 2 aromatic rings. The second-order valence-corrected chi connectivity index (χ2v) is 6.65. The number of aromatic amines is 1. The Hall–Kier alpha value is -1.14. The summed E-state index contributed by atoms with van der Waals surface area (Å²) in [6.45, 7) is 2.30. The van der Waals surface area contributed by atoms with Crippen LogP contribution >= 0.6 is 11.8 Å². The summed E-state index contributed by atoms with van der Waals surface area (Å²) < 4.78 is 0. The Bertz CT molecular complexity index is 569. The van der Waals surface area contributed by atoms with Gasteiger partial charge in [-0.1, -0.05) is 25.1 Å². The number of nitrogens with zero attached hydrogens (tertiary/aromatic N) is 3. The SMILES string of the molecule is CCC1CCC(NC)C(Sc2ncnc3nc[nH]c23)C1. The van der Waals surface area contributed by atoms with Crippen LogP contribution in [-0.2, 0) is 0 Å². The predicted octanol–water partition coefficient (Wildman–Crippen LogP) is 2.61. The van der Waals surface area contributed by atoms with Gasteiger partial charge in [-0.05, 0) is 32.2 Å². The molecule has 0 bridgehead atoms. The fourth-order valence-corrected chi connectivity index (χ4v) is 4.49. The Labute approximate surface area is 123 Å². The first-order valence-electron chi connectivity index (χ1n) is 7.29. The van der Waals surface area contributed by atoms with E-state index in [-0.39, 0.29) is 0 Å². The van der Waals surface area contributed by atoms with Crippen LogP contribution in [0.2, 0.25) is 0 Å². The van der Waals surface area contributed by atoms with Crippen LogP contribution in [0.1, 0.15) is 32.6 Å².